The van der Waals surface area contributed by atoms with Crippen LogP contribution in [-0.4, -0.2) is 144 Å². The quantitative estimate of drug-likeness (QED) is 0.0852. The minimum absolute atomic E-state index is 0.0213. The van der Waals surface area contributed by atoms with E-state index in [1.54, 1.807) is 0 Å². The van der Waals surface area contributed by atoms with Crippen LogP contribution >= 0.6 is 0 Å². The summed E-state index contributed by atoms with van der Waals surface area (Å²) < 4.78 is 0. The third-order valence-corrected chi connectivity index (χ3v) is 4.61. The van der Waals surface area contributed by atoms with Crippen LogP contribution in [-0.2, 0) is 38.4 Å². The highest BCUT2D eigenvalue weighted by Crippen LogP contribution is 2.03. The predicted molar refractivity (Wildman–Crippen MR) is 159 cm³/mol. The molecule has 0 spiro atoms. The van der Waals surface area contributed by atoms with E-state index in [9.17, 15) is 38.4 Å². The van der Waals surface area contributed by atoms with E-state index in [0.717, 1.165) is 19.4 Å². The molecular formula is C23H48N8O16. The van der Waals surface area contributed by atoms with E-state index in [0.29, 0.717) is 0 Å². The maximum Gasteiger partial charge on any atom is 0.323 e. The van der Waals surface area contributed by atoms with Crippen LogP contribution in [0.3, 0.4) is 0 Å². The molecule has 0 aromatic rings. The summed E-state index contributed by atoms with van der Waals surface area (Å²) in [5.41, 5.74) is 33.6. The summed E-state index contributed by atoms with van der Waals surface area (Å²) in [6.07, 6.45) is 0.618. The van der Waals surface area contributed by atoms with Gasteiger partial charge in [-0.15, -0.1) is 0 Å². The van der Waals surface area contributed by atoms with Crippen molar-refractivity contribution in [2.75, 3.05) is 19.7 Å². The van der Waals surface area contributed by atoms with Crippen LogP contribution < -0.4 is 45.5 Å². The molecule has 2 amide bonds. The number of aliphatic hydroxyl groups excluding tert-OH is 2. The van der Waals surface area contributed by atoms with Gasteiger partial charge < -0.3 is 86.3 Å². The fourth-order valence-corrected chi connectivity index (χ4v) is 1.91. The minimum Gasteiger partial charge on any atom is -0.480 e. The SMILES string of the molecule is CC(O)C(N)C(=O)O.NC(=O)CC(N)C(=O)O.NC(=O)CCC(N)C(=O)O.NC(CO)C(=O)O.NCC(=O)O.O=C(O)[C@@H]1CCCN1. The van der Waals surface area contributed by atoms with Crippen LogP contribution in [0, 0.1) is 0 Å². The predicted octanol–water partition coefficient (Wildman–Crippen LogP) is -7.04. The molecule has 0 aromatic heterocycles. The normalized spacial score (nSPS) is 15.6. The number of carboxylic acids is 6. The molecule has 1 aliphatic rings. The Bertz CT molecular complexity index is 951. The molecule has 24 nitrogen and oxygen atoms in total. The Morgan fingerprint density at radius 2 is 1.17 bits per heavy atom. The topological polar surface area (TPSA) is 493 Å². The smallest absolute Gasteiger partial charge is 0.323 e. The van der Waals surface area contributed by atoms with Gasteiger partial charge in [-0.25, -0.2) is 0 Å². The van der Waals surface area contributed by atoms with Crippen LogP contribution in [0.15, 0.2) is 0 Å². The molecule has 0 bridgehead atoms. The molecule has 276 valence electrons. The Morgan fingerprint density at radius 1 is 0.745 bits per heavy atom. The van der Waals surface area contributed by atoms with E-state index in [-0.39, 0.29) is 31.8 Å². The number of carbonyl (C=O) groups excluding carboxylic acids is 2. The zero-order valence-electron chi connectivity index (χ0n) is 25.5. The molecule has 5 unspecified atom stereocenters. The van der Waals surface area contributed by atoms with E-state index in [2.05, 4.69) is 16.8 Å². The van der Waals surface area contributed by atoms with Gasteiger partial charge in [0, 0.05) is 6.42 Å². The number of rotatable bonds is 13. The number of carbonyl (C=O) groups is 8. The Balaban J connectivity index is -0.000000152. The van der Waals surface area contributed by atoms with Crippen LogP contribution in [0.1, 0.15) is 39.0 Å². The molecule has 1 heterocycles. The van der Waals surface area contributed by atoms with Crippen LogP contribution in [0.2, 0.25) is 0 Å². The lowest BCUT2D eigenvalue weighted by atomic mass is 10.2. The molecule has 0 saturated carbocycles. The second-order valence-corrected chi connectivity index (χ2v) is 8.88. The number of aliphatic hydroxyl groups is 2. The molecular weight excluding hydrogens is 644 g/mol. The van der Waals surface area contributed by atoms with Crippen molar-refractivity contribution in [3.63, 3.8) is 0 Å². The second kappa shape index (κ2) is 31.4. The summed E-state index contributed by atoms with van der Waals surface area (Å²) in [7, 11) is 0. The molecule has 24 heteroatoms. The first kappa shape index (κ1) is 52.0. The highest BCUT2D eigenvalue weighted by molar-refractivity contribution is 5.83. The number of hydrogen-bond acceptors (Lipinski definition) is 16. The number of amides is 2. The lowest BCUT2D eigenvalue weighted by Gasteiger charge is -2.06. The lowest BCUT2D eigenvalue weighted by Crippen LogP contribution is -2.39. The van der Waals surface area contributed by atoms with Crippen LogP contribution in [0.25, 0.3) is 0 Å². The number of nitrogens with two attached hydrogens (primary N) is 7. The monoisotopic (exact) mass is 692 g/mol. The highest BCUT2D eigenvalue weighted by atomic mass is 16.4. The van der Waals surface area contributed by atoms with E-state index >= 15 is 0 Å². The van der Waals surface area contributed by atoms with Gasteiger partial charge in [0.25, 0.3) is 0 Å². The van der Waals surface area contributed by atoms with Gasteiger partial charge in [0.1, 0.15) is 30.2 Å². The molecule has 0 radical (unpaired) electrons. The number of hydrogen-bond donors (Lipinski definition) is 16. The molecule has 0 aromatic carbocycles. The summed E-state index contributed by atoms with van der Waals surface area (Å²) in [5.74, 6) is -7.60. The molecule has 6 atom stereocenters. The van der Waals surface area contributed by atoms with Crippen LogP contribution in [0.5, 0.6) is 0 Å². The summed E-state index contributed by atoms with van der Waals surface area (Å²) in [6.45, 7) is 1.41. The van der Waals surface area contributed by atoms with Gasteiger partial charge in [-0.1, -0.05) is 0 Å². The first-order valence-corrected chi connectivity index (χ1v) is 13.1. The highest BCUT2D eigenvalue weighted by Gasteiger charge is 2.20. The number of nitrogens with one attached hydrogen (secondary N) is 1. The van der Waals surface area contributed by atoms with Gasteiger partial charge in [0.05, 0.1) is 25.7 Å². The zero-order chi connectivity index (χ0) is 38.4. The number of primary amides is 2. The van der Waals surface area contributed by atoms with E-state index in [1.807, 2.05) is 0 Å². The van der Waals surface area contributed by atoms with Crippen molar-refractivity contribution in [3.05, 3.63) is 0 Å². The Kier molecular flexibility index (Phi) is 34.8. The maximum atomic E-state index is 10.1. The molecule has 0 aliphatic carbocycles. The van der Waals surface area contributed by atoms with Gasteiger partial charge in [-0.2, -0.15) is 0 Å². The van der Waals surface area contributed by atoms with Gasteiger partial charge in [0.2, 0.25) is 11.8 Å². The van der Waals surface area contributed by atoms with Crippen molar-refractivity contribution in [2.45, 2.75) is 75.3 Å². The van der Waals surface area contributed by atoms with Crippen molar-refractivity contribution in [1.82, 2.24) is 5.32 Å². The summed E-state index contributed by atoms with van der Waals surface area (Å²) in [4.78, 5) is 78.9. The van der Waals surface area contributed by atoms with Crippen molar-refractivity contribution >= 4 is 47.6 Å². The number of carboxylic acid groups (broad SMARTS) is 6. The number of aliphatic carboxylic acids is 6. The molecule has 1 aliphatic heterocycles. The molecule has 1 rings (SSSR count). The Hall–Kier alpha value is -4.56. The first-order chi connectivity index (χ1) is 21.4. The van der Waals surface area contributed by atoms with Crippen molar-refractivity contribution < 1.29 is 79.2 Å². The molecule has 1 saturated heterocycles. The van der Waals surface area contributed by atoms with Gasteiger partial charge in [0.15, 0.2) is 0 Å². The van der Waals surface area contributed by atoms with Crippen LogP contribution in [0.4, 0.5) is 0 Å². The second-order valence-electron chi connectivity index (χ2n) is 8.88. The summed E-state index contributed by atoms with van der Waals surface area (Å²) in [5, 5.41) is 67.6. The van der Waals surface area contributed by atoms with E-state index < -0.39 is 84.5 Å². The summed E-state index contributed by atoms with van der Waals surface area (Å²) in [6, 6.07) is -4.69. The molecule has 47 heavy (non-hydrogen) atoms. The van der Waals surface area contributed by atoms with E-state index in [1.165, 1.54) is 6.92 Å². The van der Waals surface area contributed by atoms with Gasteiger partial charge in [-0.3, -0.25) is 38.4 Å². The standard InChI is InChI=1S/C5H10N2O3.C5H9NO2.C4H8N2O3.C4H9NO3.C3H7NO3.C2H5NO2/c6-3(5(9)10)1-2-4(7)8;7-5(8)4-2-1-3-6-4;5-2(4(8)9)1-3(6)7;1-2(6)3(5)4(7)8;4-2(1-5)3(6)7;3-1-2(4)5/h3H,1-2,6H2,(H2,7,8)(H,9,10);4,6H,1-3H2,(H,7,8);2H,1,5H2,(H2,6,7)(H,8,9);2-3,6H,5H2,1H3,(H,7,8);2,5H,1,4H2,(H,6,7);1,3H2,(H,4,5)/t;4-;;;;/m.0..../s1. The van der Waals surface area contributed by atoms with Crippen molar-refractivity contribution in [3.8, 4) is 0 Å². The van der Waals surface area contributed by atoms with Crippen molar-refractivity contribution in [2.24, 2.45) is 40.1 Å². The summed E-state index contributed by atoms with van der Waals surface area (Å²) >= 11 is 0. The minimum atomic E-state index is -1.21. The van der Waals surface area contributed by atoms with Gasteiger partial charge >= 0.3 is 35.8 Å². The average Bonchev–Trinajstić information content (AvgIpc) is 3.51. The van der Waals surface area contributed by atoms with Gasteiger partial charge in [-0.05, 0) is 32.7 Å². The third-order valence-electron chi connectivity index (χ3n) is 4.61. The van der Waals surface area contributed by atoms with Crippen molar-refractivity contribution in [1.29, 1.82) is 0 Å². The fourth-order valence-electron chi connectivity index (χ4n) is 1.91. The average molecular weight is 693 g/mol. The van der Waals surface area contributed by atoms with E-state index in [4.69, 9.17) is 69.5 Å². The Morgan fingerprint density at radius 3 is 1.30 bits per heavy atom. The maximum absolute atomic E-state index is 10.1. The lowest BCUT2D eigenvalue weighted by molar-refractivity contribution is -0.141. The largest absolute Gasteiger partial charge is 0.480 e. The third kappa shape index (κ3) is 41.4. The first-order valence-electron chi connectivity index (χ1n) is 13.1. The molecule has 23 N–H and O–H groups in total. The Labute approximate surface area is 267 Å². The molecule has 1 fully saturated rings. The zero-order valence-corrected chi connectivity index (χ0v) is 25.5. The fraction of sp³-hybridized carbons (Fsp3) is 0.652.